The molecule has 124 valence electrons. The van der Waals surface area contributed by atoms with E-state index in [0.29, 0.717) is 0 Å². The van der Waals surface area contributed by atoms with Crippen LogP contribution in [0.2, 0.25) is 0 Å². The summed E-state index contributed by atoms with van der Waals surface area (Å²) >= 11 is 5.27. The summed E-state index contributed by atoms with van der Waals surface area (Å²) in [5, 5.41) is 2.35. The fraction of sp³-hybridized carbons (Fsp3) is 0. The maximum atomic E-state index is 4.98. The molecule has 3 aromatic carbocycles. The Balaban J connectivity index is 1.89. The SMILES string of the molecule is Brc1cccc(-c2nc(-c3ccccc3)c3c(n2)sc2ccccc23)c1. The molecule has 5 aromatic rings. The van der Waals surface area contributed by atoms with Gasteiger partial charge in [0.2, 0.25) is 0 Å². The monoisotopic (exact) mass is 416 g/mol. The van der Waals surface area contributed by atoms with Crippen LogP contribution in [-0.2, 0) is 0 Å². The van der Waals surface area contributed by atoms with E-state index in [2.05, 4.69) is 70.5 Å². The van der Waals surface area contributed by atoms with Gasteiger partial charge in [0, 0.05) is 31.1 Å². The minimum Gasteiger partial charge on any atom is -0.227 e. The summed E-state index contributed by atoms with van der Waals surface area (Å²) in [6.07, 6.45) is 0. The first kappa shape index (κ1) is 15.7. The van der Waals surface area contributed by atoms with E-state index >= 15 is 0 Å². The molecule has 0 saturated heterocycles. The lowest BCUT2D eigenvalue weighted by molar-refractivity contribution is 1.24. The van der Waals surface area contributed by atoms with Gasteiger partial charge in [0.05, 0.1) is 5.69 Å². The highest BCUT2D eigenvalue weighted by Gasteiger charge is 2.16. The van der Waals surface area contributed by atoms with Crippen LogP contribution in [0.3, 0.4) is 0 Å². The minimum atomic E-state index is 0.754. The van der Waals surface area contributed by atoms with E-state index in [0.717, 1.165) is 37.3 Å². The third kappa shape index (κ3) is 2.62. The normalized spacial score (nSPS) is 11.3. The van der Waals surface area contributed by atoms with Crippen molar-refractivity contribution in [1.82, 2.24) is 9.97 Å². The molecular weight excluding hydrogens is 404 g/mol. The average Bonchev–Trinajstić information content (AvgIpc) is 3.06. The summed E-state index contributed by atoms with van der Waals surface area (Å²) < 4.78 is 2.26. The van der Waals surface area contributed by atoms with E-state index in [1.165, 1.54) is 10.1 Å². The fourth-order valence-electron chi connectivity index (χ4n) is 3.18. The van der Waals surface area contributed by atoms with Gasteiger partial charge in [-0.25, -0.2) is 9.97 Å². The van der Waals surface area contributed by atoms with Crippen LogP contribution >= 0.6 is 27.3 Å². The number of benzene rings is 3. The Morgan fingerprint density at radius 2 is 1.50 bits per heavy atom. The lowest BCUT2D eigenvalue weighted by Gasteiger charge is -2.07. The Kier molecular flexibility index (Phi) is 3.80. The third-order valence-electron chi connectivity index (χ3n) is 4.37. The van der Waals surface area contributed by atoms with Crippen LogP contribution < -0.4 is 0 Å². The van der Waals surface area contributed by atoms with Gasteiger partial charge in [0.15, 0.2) is 5.82 Å². The van der Waals surface area contributed by atoms with Crippen molar-refractivity contribution in [2.75, 3.05) is 0 Å². The molecule has 2 heterocycles. The Morgan fingerprint density at radius 3 is 2.35 bits per heavy atom. The highest BCUT2D eigenvalue weighted by atomic mass is 79.9. The van der Waals surface area contributed by atoms with Crippen LogP contribution in [0.5, 0.6) is 0 Å². The van der Waals surface area contributed by atoms with E-state index < -0.39 is 0 Å². The number of halogens is 1. The van der Waals surface area contributed by atoms with Crippen LogP contribution in [0.1, 0.15) is 0 Å². The van der Waals surface area contributed by atoms with Crippen molar-refractivity contribution in [2.45, 2.75) is 0 Å². The molecule has 2 nitrogen and oxygen atoms in total. The Bertz CT molecular complexity index is 1250. The molecular formula is C22H13BrN2S. The first-order valence-corrected chi connectivity index (χ1v) is 9.91. The van der Waals surface area contributed by atoms with Gasteiger partial charge >= 0.3 is 0 Å². The van der Waals surface area contributed by atoms with Crippen LogP contribution in [-0.4, -0.2) is 9.97 Å². The second-order valence-corrected chi connectivity index (χ2v) is 8.00. The summed E-state index contributed by atoms with van der Waals surface area (Å²) in [6.45, 7) is 0. The predicted octanol–water partition coefficient (Wildman–Crippen LogP) is 6.94. The van der Waals surface area contributed by atoms with Crippen LogP contribution in [0.15, 0.2) is 83.3 Å². The second-order valence-electron chi connectivity index (χ2n) is 6.05. The standard InChI is InChI=1S/C22H13BrN2S/c23-16-10-6-9-15(13-16)21-24-20(14-7-2-1-3-8-14)19-17-11-4-5-12-18(17)26-22(19)25-21/h1-13H. The van der Waals surface area contributed by atoms with Crippen LogP contribution in [0.25, 0.3) is 42.9 Å². The number of aromatic nitrogens is 2. The maximum absolute atomic E-state index is 4.98. The molecule has 0 aliphatic carbocycles. The summed E-state index contributed by atoms with van der Waals surface area (Å²) in [5.74, 6) is 0.754. The van der Waals surface area contributed by atoms with Crippen LogP contribution in [0.4, 0.5) is 0 Å². The number of hydrogen-bond donors (Lipinski definition) is 0. The van der Waals surface area contributed by atoms with Crippen molar-refractivity contribution < 1.29 is 0 Å². The van der Waals surface area contributed by atoms with Crippen LogP contribution in [0, 0.1) is 0 Å². The van der Waals surface area contributed by atoms with Crippen molar-refractivity contribution in [1.29, 1.82) is 0 Å². The van der Waals surface area contributed by atoms with Gasteiger partial charge in [-0.15, -0.1) is 11.3 Å². The number of hydrogen-bond acceptors (Lipinski definition) is 3. The predicted molar refractivity (Wildman–Crippen MR) is 113 cm³/mol. The zero-order valence-corrected chi connectivity index (χ0v) is 16.1. The van der Waals surface area contributed by atoms with E-state index in [1.54, 1.807) is 11.3 Å². The first-order valence-electron chi connectivity index (χ1n) is 8.30. The van der Waals surface area contributed by atoms with Gasteiger partial charge in [-0.05, 0) is 18.2 Å². The van der Waals surface area contributed by atoms with Gasteiger partial charge in [-0.3, -0.25) is 0 Å². The van der Waals surface area contributed by atoms with Gasteiger partial charge in [-0.1, -0.05) is 76.6 Å². The zero-order valence-electron chi connectivity index (χ0n) is 13.7. The summed E-state index contributed by atoms with van der Waals surface area (Å²) in [6, 6.07) is 26.9. The van der Waals surface area contributed by atoms with Crippen molar-refractivity contribution in [3.63, 3.8) is 0 Å². The highest BCUT2D eigenvalue weighted by molar-refractivity contribution is 9.10. The molecule has 0 unspecified atom stereocenters. The molecule has 5 rings (SSSR count). The second kappa shape index (κ2) is 6.31. The zero-order chi connectivity index (χ0) is 17.5. The van der Waals surface area contributed by atoms with Gasteiger partial charge in [0.25, 0.3) is 0 Å². The van der Waals surface area contributed by atoms with Crippen molar-refractivity contribution >= 4 is 47.6 Å². The molecule has 0 aliphatic rings. The van der Waals surface area contributed by atoms with Crippen molar-refractivity contribution in [3.8, 4) is 22.6 Å². The summed E-state index contributed by atoms with van der Waals surface area (Å²) in [4.78, 5) is 10.9. The average molecular weight is 417 g/mol. The molecule has 0 saturated carbocycles. The maximum Gasteiger partial charge on any atom is 0.161 e. The molecule has 2 aromatic heterocycles. The molecule has 0 atom stereocenters. The van der Waals surface area contributed by atoms with E-state index in [9.17, 15) is 0 Å². The minimum absolute atomic E-state index is 0.754. The molecule has 0 fully saturated rings. The molecule has 0 aliphatic heterocycles. The number of fused-ring (bicyclic) bond motifs is 3. The first-order chi connectivity index (χ1) is 12.8. The molecule has 0 spiro atoms. The summed E-state index contributed by atoms with van der Waals surface area (Å²) in [7, 11) is 0. The number of nitrogens with zero attached hydrogens (tertiary/aromatic N) is 2. The van der Waals surface area contributed by atoms with Gasteiger partial charge in [0.1, 0.15) is 4.83 Å². The fourth-order valence-corrected chi connectivity index (χ4v) is 4.66. The molecule has 0 N–H and O–H groups in total. The summed E-state index contributed by atoms with van der Waals surface area (Å²) in [5.41, 5.74) is 3.11. The quantitative estimate of drug-likeness (QED) is 0.311. The van der Waals surface area contributed by atoms with Crippen molar-refractivity contribution in [3.05, 3.63) is 83.3 Å². The Morgan fingerprint density at radius 1 is 0.731 bits per heavy atom. The Labute approximate surface area is 163 Å². The lowest BCUT2D eigenvalue weighted by atomic mass is 10.1. The van der Waals surface area contributed by atoms with E-state index in [-0.39, 0.29) is 0 Å². The highest BCUT2D eigenvalue weighted by Crippen LogP contribution is 2.39. The van der Waals surface area contributed by atoms with E-state index in [1.807, 2.05) is 24.3 Å². The van der Waals surface area contributed by atoms with Gasteiger partial charge in [-0.2, -0.15) is 0 Å². The topological polar surface area (TPSA) is 25.8 Å². The Hall–Kier alpha value is -2.56. The number of rotatable bonds is 2. The lowest BCUT2D eigenvalue weighted by Crippen LogP contribution is -1.93. The van der Waals surface area contributed by atoms with Crippen molar-refractivity contribution in [2.24, 2.45) is 0 Å². The third-order valence-corrected chi connectivity index (χ3v) is 5.93. The number of thiophene rings is 1. The van der Waals surface area contributed by atoms with E-state index in [4.69, 9.17) is 9.97 Å². The molecule has 26 heavy (non-hydrogen) atoms. The molecule has 0 amide bonds. The molecule has 0 bridgehead atoms. The molecule has 4 heteroatoms. The molecule has 0 radical (unpaired) electrons. The smallest absolute Gasteiger partial charge is 0.161 e. The van der Waals surface area contributed by atoms with Gasteiger partial charge < -0.3 is 0 Å². The largest absolute Gasteiger partial charge is 0.227 e.